The van der Waals surface area contributed by atoms with Gasteiger partial charge >= 0.3 is 5.97 Å². The van der Waals surface area contributed by atoms with Gasteiger partial charge in [0.25, 0.3) is 0 Å². The number of esters is 1. The van der Waals surface area contributed by atoms with Gasteiger partial charge < -0.3 is 10.1 Å². The minimum absolute atomic E-state index is 0.129. The maximum atomic E-state index is 14.4. The fourth-order valence-corrected chi connectivity index (χ4v) is 3.79. The molecule has 1 N–H and O–H groups in total. The van der Waals surface area contributed by atoms with E-state index in [0.717, 1.165) is 5.56 Å². The van der Waals surface area contributed by atoms with Crippen LogP contribution >= 0.6 is 11.8 Å². The summed E-state index contributed by atoms with van der Waals surface area (Å²) in [7, 11) is 0. The summed E-state index contributed by atoms with van der Waals surface area (Å²) in [5.74, 6) is -0.301. The molecule has 32 heavy (non-hydrogen) atoms. The molecule has 1 amide bonds. The molecule has 168 valence electrons. The zero-order chi connectivity index (χ0) is 22.8. The van der Waals surface area contributed by atoms with Crippen LogP contribution in [0.2, 0.25) is 0 Å². The number of aromatic nitrogens is 3. The molecular formula is C23H25FN4O3S. The number of hydrogen-bond acceptors (Lipinski definition) is 6. The number of ether oxygens (including phenoxy) is 1. The van der Waals surface area contributed by atoms with Gasteiger partial charge in [-0.05, 0) is 31.0 Å². The quantitative estimate of drug-likeness (QED) is 0.269. The van der Waals surface area contributed by atoms with Gasteiger partial charge in [-0.25, -0.2) is 4.39 Å². The molecule has 0 aliphatic rings. The number of benzene rings is 2. The van der Waals surface area contributed by atoms with E-state index < -0.39 is 0 Å². The molecule has 0 unspecified atom stereocenters. The summed E-state index contributed by atoms with van der Waals surface area (Å²) in [6, 6.07) is 16.1. The topological polar surface area (TPSA) is 86.1 Å². The van der Waals surface area contributed by atoms with Crippen molar-refractivity contribution in [1.29, 1.82) is 0 Å². The minimum Gasteiger partial charge on any atom is -0.466 e. The van der Waals surface area contributed by atoms with Crippen LogP contribution in [-0.2, 0) is 20.9 Å². The van der Waals surface area contributed by atoms with Crippen LogP contribution in [0.4, 0.5) is 4.39 Å². The van der Waals surface area contributed by atoms with Crippen LogP contribution in [0.5, 0.6) is 0 Å². The van der Waals surface area contributed by atoms with E-state index in [0.29, 0.717) is 42.7 Å². The molecule has 0 aliphatic carbocycles. The molecule has 3 aromatic rings. The molecule has 0 saturated carbocycles. The van der Waals surface area contributed by atoms with Crippen LogP contribution in [0.25, 0.3) is 11.4 Å². The van der Waals surface area contributed by atoms with Crippen molar-refractivity contribution in [1.82, 2.24) is 20.1 Å². The summed E-state index contributed by atoms with van der Waals surface area (Å²) < 4.78 is 21.1. The zero-order valence-corrected chi connectivity index (χ0v) is 18.6. The maximum Gasteiger partial charge on any atom is 0.305 e. The zero-order valence-electron chi connectivity index (χ0n) is 17.8. The van der Waals surface area contributed by atoms with Crippen LogP contribution in [0.15, 0.2) is 59.8 Å². The number of rotatable bonds is 11. The first-order chi connectivity index (χ1) is 15.6. The average Bonchev–Trinajstić information content (AvgIpc) is 3.18. The Balaban J connectivity index is 1.66. The molecule has 0 atom stereocenters. The smallest absolute Gasteiger partial charge is 0.305 e. The normalized spacial score (nSPS) is 10.7. The minimum atomic E-state index is -0.384. The van der Waals surface area contributed by atoms with E-state index in [9.17, 15) is 14.0 Å². The van der Waals surface area contributed by atoms with E-state index in [1.165, 1.54) is 17.8 Å². The number of nitrogens with one attached hydrogen (secondary N) is 1. The summed E-state index contributed by atoms with van der Waals surface area (Å²) in [6.07, 6.45) is 0.773. The Morgan fingerprint density at radius 3 is 2.59 bits per heavy atom. The van der Waals surface area contributed by atoms with Crippen molar-refractivity contribution in [3.05, 3.63) is 66.0 Å². The molecule has 3 rings (SSSR count). The Bertz CT molecular complexity index is 1040. The summed E-state index contributed by atoms with van der Waals surface area (Å²) in [6.45, 7) is 2.93. The predicted molar refractivity (Wildman–Crippen MR) is 121 cm³/mol. The molecule has 2 aromatic carbocycles. The third kappa shape index (κ3) is 6.65. The number of hydrogen-bond donors (Lipinski definition) is 1. The number of carbonyl (C=O) groups excluding carboxylic acids is 2. The molecule has 7 nitrogen and oxygen atoms in total. The Morgan fingerprint density at radius 2 is 1.84 bits per heavy atom. The molecule has 0 spiro atoms. The summed E-state index contributed by atoms with van der Waals surface area (Å²) in [5, 5.41) is 11.7. The monoisotopic (exact) mass is 456 g/mol. The third-order valence-corrected chi connectivity index (χ3v) is 5.50. The van der Waals surface area contributed by atoms with Crippen LogP contribution in [-0.4, -0.2) is 45.5 Å². The Labute approximate surface area is 190 Å². The molecular weight excluding hydrogens is 431 g/mol. The van der Waals surface area contributed by atoms with Gasteiger partial charge in [-0.3, -0.25) is 14.2 Å². The SMILES string of the molecule is CCOC(=O)CCCNC(=O)CSc1nnc(-c2ccccc2F)n1Cc1ccccc1. The van der Waals surface area contributed by atoms with E-state index in [-0.39, 0.29) is 29.9 Å². The lowest BCUT2D eigenvalue weighted by Crippen LogP contribution is -2.26. The van der Waals surface area contributed by atoms with Crippen molar-refractivity contribution in [3.8, 4) is 11.4 Å². The first-order valence-electron chi connectivity index (χ1n) is 10.4. The van der Waals surface area contributed by atoms with Crippen molar-refractivity contribution < 1.29 is 18.7 Å². The number of amides is 1. The van der Waals surface area contributed by atoms with Crippen LogP contribution < -0.4 is 5.32 Å². The maximum absolute atomic E-state index is 14.4. The molecule has 1 heterocycles. The molecule has 9 heteroatoms. The van der Waals surface area contributed by atoms with Gasteiger partial charge in [0.15, 0.2) is 11.0 Å². The van der Waals surface area contributed by atoms with Gasteiger partial charge in [0.05, 0.1) is 24.5 Å². The van der Waals surface area contributed by atoms with Gasteiger partial charge in [-0.15, -0.1) is 10.2 Å². The second-order valence-electron chi connectivity index (χ2n) is 6.90. The highest BCUT2D eigenvalue weighted by atomic mass is 32.2. The van der Waals surface area contributed by atoms with Gasteiger partial charge in [0, 0.05) is 13.0 Å². The second kappa shape index (κ2) is 12.0. The molecule has 1 aromatic heterocycles. The van der Waals surface area contributed by atoms with Gasteiger partial charge in [0.2, 0.25) is 5.91 Å². The van der Waals surface area contributed by atoms with E-state index in [2.05, 4.69) is 15.5 Å². The largest absolute Gasteiger partial charge is 0.466 e. The molecule has 0 bridgehead atoms. The summed E-state index contributed by atoms with van der Waals surface area (Å²) in [4.78, 5) is 23.6. The van der Waals surface area contributed by atoms with E-state index >= 15 is 0 Å². The first-order valence-corrected chi connectivity index (χ1v) is 11.3. The Hall–Kier alpha value is -3.20. The Morgan fingerprint density at radius 1 is 1.09 bits per heavy atom. The van der Waals surface area contributed by atoms with E-state index in [4.69, 9.17) is 4.74 Å². The fraction of sp³-hybridized carbons (Fsp3) is 0.304. The highest BCUT2D eigenvalue weighted by molar-refractivity contribution is 7.99. The van der Waals surface area contributed by atoms with Crippen LogP contribution in [0.1, 0.15) is 25.3 Å². The van der Waals surface area contributed by atoms with Crippen molar-refractivity contribution >= 4 is 23.6 Å². The van der Waals surface area contributed by atoms with Crippen LogP contribution in [0.3, 0.4) is 0 Å². The van der Waals surface area contributed by atoms with E-state index in [1.807, 2.05) is 34.9 Å². The number of halogens is 1. The van der Waals surface area contributed by atoms with Crippen molar-refractivity contribution in [2.24, 2.45) is 0 Å². The lowest BCUT2D eigenvalue weighted by Gasteiger charge is -2.11. The predicted octanol–water partition coefficient (Wildman–Crippen LogP) is 3.68. The van der Waals surface area contributed by atoms with Gasteiger partial charge in [-0.2, -0.15) is 0 Å². The molecule has 0 fully saturated rings. The molecule has 0 aliphatic heterocycles. The Kier molecular flexibility index (Phi) is 8.79. The first kappa shape index (κ1) is 23.5. The van der Waals surface area contributed by atoms with E-state index in [1.54, 1.807) is 25.1 Å². The van der Waals surface area contributed by atoms with Crippen LogP contribution in [0, 0.1) is 5.82 Å². The van der Waals surface area contributed by atoms with Crippen molar-refractivity contribution in [2.45, 2.75) is 31.5 Å². The standard InChI is InChI=1S/C23H25FN4O3S/c1-2-31-21(30)13-8-14-25-20(29)16-32-23-27-26-22(18-11-6-7-12-19(18)24)28(23)15-17-9-4-3-5-10-17/h3-7,9-12H,2,8,13-16H2,1H3,(H,25,29). The summed E-state index contributed by atoms with van der Waals surface area (Å²) >= 11 is 1.23. The second-order valence-corrected chi connectivity index (χ2v) is 7.85. The van der Waals surface area contributed by atoms with Crippen molar-refractivity contribution in [3.63, 3.8) is 0 Å². The molecule has 0 radical (unpaired) electrons. The van der Waals surface area contributed by atoms with Crippen molar-refractivity contribution in [2.75, 3.05) is 18.9 Å². The third-order valence-electron chi connectivity index (χ3n) is 4.53. The average molecular weight is 457 g/mol. The number of nitrogens with zero attached hydrogens (tertiary/aromatic N) is 3. The molecule has 0 saturated heterocycles. The lowest BCUT2D eigenvalue weighted by atomic mass is 10.2. The number of thioether (sulfide) groups is 1. The summed E-state index contributed by atoms with van der Waals surface area (Å²) in [5.41, 5.74) is 1.36. The fourth-order valence-electron chi connectivity index (χ4n) is 3.02. The lowest BCUT2D eigenvalue weighted by molar-refractivity contribution is -0.143. The van der Waals surface area contributed by atoms with Gasteiger partial charge in [0.1, 0.15) is 5.82 Å². The highest BCUT2D eigenvalue weighted by Crippen LogP contribution is 2.26. The van der Waals surface area contributed by atoms with Gasteiger partial charge in [-0.1, -0.05) is 54.2 Å². The number of carbonyl (C=O) groups is 2. The highest BCUT2D eigenvalue weighted by Gasteiger charge is 2.18.